The van der Waals surface area contributed by atoms with Crippen LogP contribution in [-0.2, 0) is 16.6 Å². The Hall–Kier alpha value is -2.85. The minimum Gasteiger partial charge on any atom is -0.483 e. The summed E-state index contributed by atoms with van der Waals surface area (Å²) in [5.74, 6) is 0.856. The molecule has 2 aromatic heterocycles. The molecule has 0 fully saturated rings. The number of ether oxygens (including phenoxy) is 2. The highest BCUT2D eigenvalue weighted by atomic mass is 32.2. The van der Waals surface area contributed by atoms with E-state index >= 15 is 0 Å². The Balaban J connectivity index is 1.64. The number of benzene rings is 1. The van der Waals surface area contributed by atoms with Gasteiger partial charge in [-0.15, -0.1) is 21.5 Å². The third-order valence-corrected chi connectivity index (χ3v) is 7.24. The number of nitrogens with zero attached hydrogens (tertiary/aromatic N) is 3. The van der Waals surface area contributed by atoms with Crippen LogP contribution in [-0.4, -0.2) is 39.5 Å². The molecule has 0 aliphatic rings. The molecular weight excluding hydrogens is 460 g/mol. The van der Waals surface area contributed by atoms with Crippen LogP contribution in [0.2, 0.25) is 0 Å². The van der Waals surface area contributed by atoms with Crippen molar-refractivity contribution < 1.29 is 19.1 Å². The first kappa shape index (κ1) is 24.8. The van der Waals surface area contributed by atoms with Crippen LogP contribution in [0.3, 0.4) is 0 Å². The molecule has 0 bridgehead atoms. The van der Waals surface area contributed by atoms with Crippen LogP contribution in [0.5, 0.6) is 5.75 Å². The number of rotatable bonds is 8. The average Bonchev–Trinajstić information content (AvgIpc) is 3.24. The number of thiophene rings is 1. The SMILES string of the molecule is COC(=O)c1c(NC(=O)CSc2nnc(C(C)Oc3cc(C)cc(C)c3)n2C)sc(C)c1C. The van der Waals surface area contributed by atoms with Gasteiger partial charge in [0, 0.05) is 11.9 Å². The second-order valence-electron chi connectivity index (χ2n) is 7.80. The highest BCUT2D eigenvalue weighted by Crippen LogP contribution is 2.33. The zero-order chi connectivity index (χ0) is 24.3. The van der Waals surface area contributed by atoms with E-state index in [2.05, 4.69) is 21.6 Å². The maximum absolute atomic E-state index is 12.6. The van der Waals surface area contributed by atoms with E-state index in [0.29, 0.717) is 21.5 Å². The van der Waals surface area contributed by atoms with Gasteiger partial charge in [0.1, 0.15) is 10.8 Å². The molecule has 3 aromatic rings. The molecule has 10 heteroatoms. The van der Waals surface area contributed by atoms with Crippen molar-refractivity contribution in [2.75, 3.05) is 18.2 Å². The lowest BCUT2D eigenvalue weighted by atomic mass is 10.1. The quantitative estimate of drug-likeness (QED) is 0.360. The van der Waals surface area contributed by atoms with Crippen molar-refractivity contribution in [3.05, 3.63) is 51.2 Å². The number of carbonyl (C=O) groups is 2. The summed E-state index contributed by atoms with van der Waals surface area (Å²) < 4.78 is 12.7. The summed E-state index contributed by atoms with van der Waals surface area (Å²) in [6, 6.07) is 6.06. The minimum atomic E-state index is -0.462. The predicted molar refractivity (Wildman–Crippen MR) is 130 cm³/mol. The molecule has 0 aliphatic heterocycles. The largest absolute Gasteiger partial charge is 0.483 e. The lowest BCUT2D eigenvalue weighted by Crippen LogP contribution is -2.16. The third-order valence-electron chi connectivity index (χ3n) is 5.10. The highest BCUT2D eigenvalue weighted by Gasteiger charge is 2.22. The van der Waals surface area contributed by atoms with E-state index in [1.54, 1.807) is 0 Å². The zero-order valence-electron chi connectivity index (χ0n) is 19.8. The lowest BCUT2D eigenvalue weighted by Gasteiger charge is -2.15. The molecule has 0 saturated carbocycles. The Morgan fingerprint density at radius 2 is 1.82 bits per heavy atom. The summed E-state index contributed by atoms with van der Waals surface area (Å²) >= 11 is 2.62. The first-order valence-corrected chi connectivity index (χ1v) is 12.2. The van der Waals surface area contributed by atoms with Gasteiger partial charge in [-0.3, -0.25) is 4.79 Å². The van der Waals surface area contributed by atoms with Crippen LogP contribution >= 0.6 is 23.1 Å². The molecular formula is C23H28N4O4S2. The van der Waals surface area contributed by atoms with Gasteiger partial charge in [0.05, 0.1) is 18.4 Å². The van der Waals surface area contributed by atoms with E-state index in [9.17, 15) is 9.59 Å². The molecule has 0 spiro atoms. The van der Waals surface area contributed by atoms with Crippen molar-refractivity contribution in [1.29, 1.82) is 0 Å². The van der Waals surface area contributed by atoms with E-state index in [0.717, 1.165) is 27.3 Å². The summed E-state index contributed by atoms with van der Waals surface area (Å²) in [6.45, 7) is 9.71. The smallest absolute Gasteiger partial charge is 0.341 e. The van der Waals surface area contributed by atoms with Gasteiger partial charge >= 0.3 is 5.97 Å². The van der Waals surface area contributed by atoms with E-state index in [1.165, 1.54) is 30.2 Å². The standard InChI is InChI=1S/C23H28N4O4S2/c1-12-8-13(2)10-17(9-12)31-15(4)20-25-26-23(27(20)6)32-11-18(28)24-21-19(22(29)30-7)14(3)16(5)33-21/h8-10,15H,11H2,1-7H3,(H,24,28). The molecule has 0 saturated heterocycles. The van der Waals surface area contributed by atoms with Crippen LogP contribution < -0.4 is 10.1 Å². The Labute approximate surface area is 201 Å². The van der Waals surface area contributed by atoms with Gasteiger partial charge < -0.3 is 19.4 Å². The van der Waals surface area contributed by atoms with Gasteiger partial charge in [0.25, 0.3) is 0 Å². The average molecular weight is 489 g/mol. The van der Waals surface area contributed by atoms with Crippen molar-refractivity contribution in [3.63, 3.8) is 0 Å². The second kappa shape index (κ2) is 10.4. The number of aryl methyl sites for hydroxylation is 3. The van der Waals surface area contributed by atoms with Crippen LogP contribution in [0.15, 0.2) is 23.4 Å². The number of thioether (sulfide) groups is 1. The fourth-order valence-corrected chi connectivity index (χ4v) is 5.20. The monoisotopic (exact) mass is 488 g/mol. The van der Waals surface area contributed by atoms with Gasteiger partial charge in [-0.2, -0.15) is 0 Å². The maximum Gasteiger partial charge on any atom is 0.341 e. The second-order valence-corrected chi connectivity index (χ2v) is 9.97. The van der Waals surface area contributed by atoms with Gasteiger partial charge in [-0.05, 0) is 63.4 Å². The van der Waals surface area contributed by atoms with E-state index in [-0.39, 0.29) is 17.8 Å². The first-order valence-electron chi connectivity index (χ1n) is 10.4. The van der Waals surface area contributed by atoms with E-state index in [1.807, 2.05) is 58.4 Å². The number of amides is 1. The highest BCUT2D eigenvalue weighted by molar-refractivity contribution is 7.99. The predicted octanol–water partition coefficient (Wildman–Crippen LogP) is 4.77. The van der Waals surface area contributed by atoms with Gasteiger partial charge in [0.2, 0.25) is 5.91 Å². The van der Waals surface area contributed by atoms with Gasteiger partial charge in [-0.25, -0.2) is 4.79 Å². The summed E-state index contributed by atoms with van der Waals surface area (Å²) in [5.41, 5.74) is 3.47. The fraction of sp³-hybridized carbons (Fsp3) is 0.391. The first-order chi connectivity index (χ1) is 15.6. The number of esters is 1. The number of hydrogen-bond acceptors (Lipinski definition) is 8. The molecule has 0 radical (unpaired) electrons. The molecule has 8 nitrogen and oxygen atoms in total. The third kappa shape index (κ3) is 5.75. The minimum absolute atomic E-state index is 0.120. The summed E-state index contributed by atoms with van der Waals surface area (Å²) in [6.07, 6.45) is -0.313. The Bertz CT molecular complexity index is 1170. The Kier molecular flexibility index (Phi) is 7.80. The van der Waals surface area contributed by atoms with Crippen LogP contribution in [0.25, 0.3) is 0 Å². The Morgan fingerprint density at radius 3 is 2.45 bits per heavy atom. The molecule has 0 aliphatic carbocycles. The molecule has 1 unspecified atom stereocenters. The molecule has 1 N–H and O–H groups in total. The number of nitrogens with one attached hydrogen (secondary N) is 1. The Morgan fingerprint density at radius 1 is 1.15 bits per heavy atom. The zero-order valence-corrected chi connectivity index (χ0v) is 21.4. The normalized spacial score (nSPS) is 11.8. The number of methoxy groups -OCH3 is 1. The van der Waals surface area contributed by atoms with Crippen LogP contribution in [0.1, 0.15) is 50.8 Å². The number of aromatic nitrogens is 3. The molecule has 1 atom stereocenters. The molecule has 1 amide bonds. The number of carbonyl (C=O) groups excluding carboxylic acids is 2. The van der Waals surface area contributed by atoms with Crippen molar-refractivity contribution in [2.24, 2.45) is 7.05 Å². The molecule has 2 heterocycles. The summed E-state index contributed by atoms with van der Waals surface area (Å²) in [5, 5.41) is 12.4. The fourth-order valence-electron chi connectivity index (χ4n) is 3.42. The van der Waals surface area contributed by atoms with Gasteiger partial charge in [0.15, 0.2) is 17.1 Å². The topological polar surface area (TPSA) is 95.3 Å². The summed E-state index contributed by atoms with van der Waals surface area (Å²) in [4.78, 5) is 25.6. The number of hydrogen-bond donors (Lipinski definition) is 1. The molecule has 33 heavy (non-hydrogen) atoms. The summed E-state index contributed by atoms with van der Waals surface area (Å²) in [7, 11) is 3.17. The van der Waals surface area contributed by atoms with Gasteiger partial charge in [-0.1, -0.05) is 17.8 Å². The van der Waals surface area contributed by atoms with Crippen molar-refractivity contribution in [1.82, 2.24) is 14.8 Å². The van der Waals surface area contributed by atoms with Crippen LogP contribution in [0, 0.1) is 27.7 Å². The van der Waals surface area contributed by atoms with Crippen molar-refractivity contribution in [2.45, 2.75) is 45.9 Å². The van der Waals surface area contributed by atoms with E-state index < -0.39 is 5.97 Å². The van der Waals surface area contributed by atoms with E-state index in [4.69, 9.17) is 9.47 Å². The molecule has 1 aromatic carbocycles. The molecule has 3 rings (SSSR count). The van der Waals surface area contributed by atoms with Crippen LogP contribution in [0.4, 0.5) is 5.00 Å². The maximum atomic E-state index is 12.6. The molecule has 176 valence electrons. The lowest BCUT2D eigenvalue weighted by molar-refractivity contribution is -0.113. The van der Waals surface area contributed by atoms with Crippen molar-refractivity contribution in [3.8, 4) is 5.75 Å². The number of anilines is 1. The van der Waals surface area contributed by atoms with Crippen molar-refractivity contribution >= 4 is 40.0 Å².